The number of nitrogens with one attached hydrogen (secondary N) is 1. The highest BCUT2D eigenvalue weighted by atomic mass is 16.5. The maximum absolute atomic E-state index is 13.5. The van der Waals surface area contributed by atoms with Gasteiger partial charge in [0.25, 0.3) is 5.91 Å². The largest absolute Gasteiger partial charge is 0.497 e. The summed E-state index contributed by atoms with van der Waals surface area (Å²) in [5.41, 5.74) is 2.40. The minimum absolute atomic E-state index is 0.319. The Morgan fingerprint density at radius 2 is 1.69 bits per heavy atom. The van der Waals surface area contributed by atoms with Crippen LogP contribution in [0, 0.1) is 0 Å². The van der Waals surface area contributed by atoms with Crippen molar-refractivity contribution in [3.8, 4) is 17.2 Å². The van der Waals surface area contributed by atoms with E-state index >= 15 is 0 Å². The Bertz CT molecular complexity index is 1490. The van der Waals surface area contributed by atoms with E-state index in [0.717, 1.165) is 11.1 Å². The molecule has 0 radical (unpaired) electrons. The molecule has 2 heterocycles. The molecule has 4 aromatic rings. The first kappa shape index (κ1) is 23.2. The summed E-state index contributed by atoms with van der Waals surface area (Å²) in [4.78, 5) is 26.6. The van der Waals surface area contributed by atoms with E-state index in [1.54, 1.807) is 55.6 Å². The molecule has 5 rings (SSSR count). The van der Waals surface area contributed by atoms with Gasteiger partial charge in [-0.2, -0.15) is 0 Å². The van der Waals surface area contributed by atoms with Gasteiger partial charge >= 0.3 is 5.63 Å². The molecule has 1 aliphatic rings. The second kappa shape index (κ2) is 9.62. The van der Waals surface area contributed by atoms with Crippen molar-refractivity contribution in [3.63, 3.8) is 0 Å². The molecular formula is C29H25NO6. The molecule has 1 N–H and O–H groups in total. The summed E-state index contributed by atoms with van der Waals surface area (Å²) in [6.45, 7) is 6.13. The number of rotatable bonds is 7. The molecule has 7 heteroatoms. The van der Waals surface area contributed by atoms with E-state index in [4.69, 9.17) is 18.6 Å². The predicted molar refractivity (Wildman–Crippen MR) is 137 cm³/mol. The van der Waals surface area contributed by atoms with Gasteiger partial charge in [0, 0.05) is 5.69 Å². The first-order valence-corrected chi connectivity index (χ1v) is 11.5. The number of amides is 1. The van der Waals surface area contributed by atoms with Gasteiger partial charge in [-0.05, 0) is 66.6 Å². The van der Waals surface area contributed by atoms with E-state index < -0.39 is 17.6 Å². The lowest BCUT2D eigenvalue weighted by Gasteiger charge is -2.19. The van der Waals surface area contributed by atoms with Crippen LogP contribution in [0.15, 0.2) is 94.2 Å². The van der Waals surface area contributed by atoms with Crippen LogP contribution in [-0.4, -0.2) is 25.7 Å². The number of carbonyl (C=O) groups is 1. The Morgan fingerprint density at radius 1 is 1.00 bits per heavy atom. The molecule has 0 unspecified atom stereocenters. The summed E-state index contributed by atoms with van der Waals surface area (Å²) < 4.78 is 22.7. The molecule has 36 heavy (non-hydrogen) atoms. The molecule has 1 aliphatic heterocycles. The lowest BCUT2D eigenvalue weighted by molar-refractivity contribution is -0.122. The third-order valence-electron chi connectivity index (χ3n) is 6.00. The van der Waals surface area contributed by atoms with E-state index in [-0.39, 0.29) is 5.91 Å². The first-order chi connectivity index (χ1) is 17.4. The molecule has 0 bridgehead atoms. The Hall–Kier alpha value is -4.52. The van der Waals surface area contributed by atoms with Crippen LogP contribution in [-0.2, 0) is 4.79 Å². The highest BCUT2D eigenvalue weighted by Crippen LogP contribution is 2.44. The van der Waals surface area contributed by atoms with Crippen LogP contribution in [0.1, 0.15) is 24.0 Å². The number of methoxy groups -OCH3 is 1. The van der Waals surface area contributed by atoms with E-state index in [1.165, 1.54) is 0 Å². The van der Waals surface area contributed by atoms with Crippen LogP contribution in [0.25, 0.3) is 11.0 Å². The fourth-order valence-corrected chi connectivity index (χ4v) is 4.29. The number of fused-ring (bicyclic) bond motifs is 3. The summed E-state index contributed by atoms with van der Waals surface area (Å²) in [5.74, 6) is 0.644. The third-order valence-corrected chi connectivity index (χ3v) is 6.00. The van der Waals surface area contributed by atoms with E-state index in [0.29, 0.717) is 46.1 Å². The molecule has 7 nitrogen and oxygen atoms in total. The smallest absolute Gasteiger partial charge is 0.344 e. The van der Waals surface area contributed by atoms with Crippen molar-refractivity contribution in [2.45, 2.75) is 18.9 Å². The first-order valence-electron chi connectivity index (χ1n) is 11.5. The summed E-state index contributed by atoms with van der Waals surface area (Å²) in [7, 11) is 1.58. The Kier molecular flexibility index (Phi) is 6.21. The zero-order valence-electron chi connectivity index (χ0n) is 19.9. The van der Waals surface area contributed by atoms with Crippen molar-refractivity contribution in [1.29, 1.82) is 0 Å². The lowest BCUT2D eigenvalue weighted by Crippen LogP contribution is -2.35. The van der Waals surface area contributed by atoms with Crippen LogP contribution >= 0.6 is 0 Å². The highest BCUT2D eigenvalue weighted by Gasteiger charge is 2.44. The molecule has 0 fully saturated rings. The van der Waals surface area contributed by atoms with Crippen molar-refractivity contribution in [3.05, 3.63) is 106 Å². The van der Waals surface area contributed by atoms with Crippen LogP contribution in [0.3, 0.4) is 0 Å². The van der Waals surface area contributed by atoms with Gasteiger partial charge in [0.05, 0.1) is 24.0 Å². The number of benzene rings is 3. The summed E-state index contributed by atoms with van der Waals surface area (Å²) in [5, 5.41) is 3.53. The fourth-order valence-electron chi connectivity index (χ4n) is 4.29. The van der Waals surface area contributed by atoms with Crippen LogP contribution in [0.5, 0.6) is 17.2 Å². The maximum Gasteiger partial charge on any atom is 0.344 e. The average molecular weight is 484 g/mol. The molecule has 182 valence electrons. The van der Waals surface area contributed by atoms with E-state index in [1.807, 2.05) is 31.2 Å². The molecule has 0 spiro atoms. The molecule has 1 aromatic heterocycles. The fraction of sp³-hybridized carbons (Fsp3) is 0.172. The molecule has 0 saturated carbocycles. The number of hydrogen-bond acceptors (Lipinski definition) is 6. The zero-order valence-corrected chi connectivity index (χ0v) is 19.9. The van der Waals surface area contributed by atoms with E-state index in [9.17, 15) is 9.59 Å². The molecule has 0 saturated heterocycles. The van der Waals surface area contributed by atoms with Crippen LogP contribution in [0.4, 0.5) is 5.69 Å². The standard InChI is InChI=1S/C29H25NO6/c1-17(2)16-34-21-12-8-18(9-13-21)24-25-26(22-6-4-5-7-23(22)35-29(25)32)36-27(24)28(31)30-19-10-14-20(33-3)15-11-19/h4-15,24,27H,1,16H2,2-3H3,(H,30,31)/t24-,27+/m0/s1. The van der Waals surface area contributed by atoms with Crippen molar-refractivity contribution < 1.29 is 23.4 Å². The molecule has 3 aromatic carbocycles. The number of carbonyl (C=O) groups excluding carboxylic acids is 1. The molecule has 2 atom stereocenters. The van der Waals surface area contributed by atoms with Gasteiger partial charge < -0.3 is 23.9 Å². The second-order valence-electron chi connectivity index (χ2n) is 8.68. The highest BCUT2D eigenvalue weighted by molar-refractivity contribution is 5.97. The van der Waals surface area contributed by atoms with Crippen molar-refractivity contribution in [2.75, 3.05) is 19.0 Å². The molecule has 0 aliphatic carbocycles. The number of anilines is 1. The Labute approximate surface area is 207 Å². The Balaban J connectivity index is 1.54. The van der Waals surface area contributed by atoms with Gasteiger partial charge in [0.15, 0.2) is 6.10 Å². The van der Waals surface area contributed by atoms with Gasteiger partial charge in [0.2, 0.25) is 0 Å². The van der Waals surface area contributed by atoms with Crippen molar-refractivity contribution >= 4 is 22.6 Å². The Morgan fingerprint density at radius 3 is 2.39 bits per heavy atom. The monoisotopic (exact) mass is 483 g/mol. The topological polar surface area (TPSA) is 87.0 Å². The maximum atomic E-state index is 13.5. The van der Waals surface area contributed by atoms with Gasteiger partial charge in [-0.1, -0.05) is 30.8 Å². The summed E-state index contributed by atoms with van der Waals surface area (Å²) in [6.07, 6.45) is -0.988. The van der Waals surface area contributed by atoms with Gasteiger partial charge in [0.1, 0.15) is 29.4 Å². The van der Waals surface area contributed by atoms with Crippen molar-refractivity contribution in [2.24, 2.45) is 0 Å². The van der Waals surface area contributed by atoms with Crippen LogP contribution in [0.2, 0.25) is 0 Å². The minimum atomic E-state index is -0.988. The van der Waals surface area contributed by atoms with Gasteiger partial charge in [-0.25, -0.2) is 4.79 Å². The zero-order chi connectivity index (χ0) is 25.2. The summed E-state index contributed by atoms with van der Waals surface area (Å²) in [6, 6.07) is 21.4. The molecular weight excluding hydrogens is 458 g/mol. The SMILES string of the molecule is C=C(C)COc1ccc([C@H]2c3c(c4ccccc4oc3=O)O[C@H]2C(=O)Nc2ccc(OC)cc2)cc1. The number of hydrogen-bond donors (Lipinski definition) is 1. The second-order valence-corrected chi connectivity index (χ2v) is 8.68. The third kappa shape index (κ3) is 4.43. The quantitative estimate of drug-likeness (QED) is 0.284. The van der Waals surface area contributed by atoms with Crippen LogP contribution < -0.4 is 25.2 Å². The van der Waals surface area contributed by atoms with Crippen molar-refractivity contribution in [1.82, 2.24) is 0 Å². The van der Waals surface area contributed by atoms with Gasteiger partial charge in [-0.15, -0.1) is 0 Å². The van der Waals surface area contributed by atoms with Gasteiger partial charge in [-0.3, -0.25) is 4.79 Å². The minimum Gasteiger partial charge on any atom is -0.497 e. The summed E-state index contributed by atoms with van der Waals surface area (Å²) >= 11 is 0. The number of para-hydroxylation sites is 1. The molecule has 1 amide bonds. The average Bonchev–Trinajstić information content (AvgIpc) is 3.30. The number of ether oxygens (including phenoxy) is 3. The lowest BCUT2D eigenvalue weighted by atomic mass is 9.88. The van der Waals surface area contributed by atoms with E-state index in [2.05, 4.69) is 11.9 Å². The normalized spacial score (nSPS) is 16.2. The predicted octanol–water partition coefficient (Wildman–Crippen LogP) is 5.29.